The summed E-state index contributed by atoms with van der Waals surface area (Å²) in [5.41, 5.74) is 0.837. The third-order valence-corrected chi connectivity index (χ3v) is 9.96. The van der Waals surface area contributed by atoms with Crippen LogP contribution in [0.2, 0.25) is 0 Å². The molecule has 9 unspecified atom stereocenters. The van der Waals surface area contributed by atoms with Gasteiger partial charge in [0, 0.05) is 11.8 Å². The maximum absolute atomic E-state index is 11.7. The summed E-state index contributed by atoms with van der Waals surface area (Å²) < 4.78 is 11.4. The Hall–Kier alpha value is -0.570. The van der Waals surface area contributed by atoms with Gasteiger partial charge in [0.1, 0.15) is 0 Å². The fraction of sp³-hybridized carbons (Fsp3) is 0.957. The Morgan fingerprint density at radius 1 is 1.12 bits per heavy atom. The fourth-order valence-corrected chi connectivity index (χ4v) is 8.65. The maximum atomic E-state index is 11.7. The smallest absolute Gasteiger partial charge is 0.305 e. The fourth-order valence-electron chi connectivity index (χ4n) is 8.65. The molecule has 3 heteroatoms. The van der Waals surface area contributed by atoms with E-state index in [9.17, 15) is 4.79 Å². The molecule has 0 aromatic rings. The Balaban J connectivity index is 1.40. The Labute approximate surface area is 158 Å². The molecule has 4 aliphatic carbocycles. The first kappa shape index (κ1) is 17.5. The first-order valence-electron chi connectivity index (χ1n) is 11.2. The minimum atomic E-state index is -0.0470. The molecule has 5 aliphatic rings. The van der Waals surface area contributed by atoms with Crippen LogP contribution in [0.25, 0.3) is 0 Å². The zero-order chi connectivity index (χ0) is 18.1. The van der Waals surface area contributed by atoms with Crippen molar-refractivity contribution in [1.29, 1.82) is 0 Å². The summed E-state index contributed by atoms with van der Waals surface area (Å²) in [6.07, 6.45) is 13.9. The van der Waals surface area contributed by atoms with Crippen molar-refractivity contribution in [3.63, 3.8) is 0 Å². The molecule has 26 heavy (non-hydrogen) atoms. The predicted octanol–water partition coefficient (Wildman–Crippen LogP) is 4.98. The first-order chi connectivity index (χ1) is 12.5. The normalized spacial score (nSPS) is 54.5. The van der Waals surface area contributed by atoms with Gasteiger partial charge in [0.25, 0.3) is 0 Å². The van der Waals surface area contributed by atoms with Crippen LogP contribution < -0.4 is 0 Å². The zero-order valence-corrected chi connectivity index (χ0v) is 16.8. The molecule has 3 nitrogen and oxygen atoms in total. The molecular weight excluding hydrogens is 324 g/mol. The van der Waals surface area contributed by atoms with Crippen molar-refractivity contribution in [1.82, 2.24) is 0 Å². The van der Waals surface area contributed by atoms with Crippen LogP contribution >= 0.6 is 0 Å². The number of carbonyl (C=O) groups excluding carboxylic acids is 1. The average Bonchev–Trinajstić information content (AvgIpc) is 3.36. The van der Waals surface area contributed by atoms with E-state index in [1.54, 1.807) is 0 Å². The number of hydrogen-bond acceptors (Lipinski definition) is 3. The van der Waals surface area contributed by atoms with Crippen molar-refractivity contribution in [3.8, 4) is 0 Å². The van der Waals surface area contributed by atoms with Gasteiger partial charge in [0.05, 0.1) is 19.3 Å². The quantitative estimate of drug-likeness (QED) is 0.526. The van der Waals surface area contributed by atoms with Gasteiger partial charge in [0.2, 0.25) is 0 Å². The molecule has 0 aromatic carbocycles. The van der Waals surface area contributed by atoms with E-state index in [0.29, 0.717) is 35.4 Å². The molecule has 0 radical (unpaired) electrons. The highest BCUT2D eigenvalue weighted by Gasteiger charge is 2.72. The monoisotopic (exact) mass is 360 g/mol. The third-order valence-electron chi connectivity index (χ3n) is 9.96. The molecule has 0 amide bonds. The zero-order valence-electron chi connectivity index (χ0n) is 16.8. The van der Waals surface area contributed by atoms with Crippen LogP contribution in [-0.4, -0.2) is 25.3 Å². The van der Waals surface area contributed by atoms with Crippen LogP contribution in [0, 0.1) is 40.4 Å². The van der Waals surface area contributed by atoms with Gasteiger partial charge >= 0.3 is 5.97 Å². The van der Waals surface area contributed by atoms with Crippen molar-refractivity contribution in [2.24, 2.45) is 40.4 Å². The molecule has 0 N–H and O–H groups in total. The van der Waals surface area contributed by atoms with E-state index in [2.05, 4.69) is 13.8 Å². The lowest BCUT2D eigenvalue weighted by Crippen LogP contribution is -2.56. The molecule has 5 rings (SSSR count). The number of carbonyl (C=O) groups is 1. The Morgan fingerprint density at radius 2 is 1.96 bits per heavy atom. The number of rotatable bonds is 3. The number of ether oxygens (including phenoxy) is 2. The summed E-state index contributed by atoms with van der Waals surface area (Å²) in [4.78, 5) is 11.7. The van der Waals surface area contributed by atoms with E-state index in [1.165, 1.54) is 58.5 Å². The van der Waals surface area contributed by atoms with Crippen molar-refractivity contribution in [2.45, 2.75) is 90.3 Å². The van der Waals surface area contributed by atoms with Crippen LogP contribution in [0.15, 0.2) is 0 Å². The van der Waals surface area contributed by atoms with Gasteiger partial charge in [-0.3, -0.25) is 4.79 Å². The third kappa shape index (κ3) is 2.25. The standard InChI is InChI=1S/C23H36O3/c1-22-13-5-4-6-14(22)7-10-16-17-11-8-15(9-12-18(24)25-3)23(17,2)21-20(26-21)19(16)22/h14-17,19-21H,4-13H2,1-3H3. The number of methoxy groups -OCH3 is 1. The molecule has 1 heterocycles. The summed E-state index contributed by atoms with van der Waals surface area (Å²) in [5, 5.41) is 0. The second-order valence-corrected chi connectivity index (χ2v) is 10.6. The summed E-state index contributed by atoms with van der Waals surface area (Å²) in [6.45, 7) is 5.14. The van der Waals surface area contributed by atoms with Crippen molar-refractivity contribution in [3.05, 3.63) is 0 Å². The van der Waals surface area contributed by atoms with Gasteiger partial charge < -0.3 is 9.47 Å². The molecule has 146 valence electrons. The Morgan fingerprint density at radius 3 is 2.77 bits per heavy atom. The summed E-state index contributed by atoms with van der Waals surface area (Å²) in [5.74, 6) is 4.03. The SMILES string of the molecule is COC(=O)CCC1CCC2C3CCC4CCCCC4(C)C3C3OC3C12C. The first-order valence-corrected chi connectivity index (χ1v) is 11.2. The van der Waals surface area contributed by atoms with E-state index < -0.39 is 0 Å². The number of fused-ring (bicyclic) bond motifs is 8. The van der Waals surface area contributed by atoms with Crippen molar-refractivity contribution < 1.29 is 14.3 Å². The van der Waals surface area contributed by atoms with E-state index in [0.717, 1.165) is 30.1 Å². The van der Waals surface area contributed by atoms with Gasteiger partial charge in [0.15, 0.2) is 0 Å². The lowest BCUT2D eigenvalue weighted by molar-refractivity contribution is -0.141. The van der Waals surface area contributed by atoms with Crippen molar-refractivity contribution >= 4 is 5.97 Å². The largest absolute Gasteiger partial charge is 0.469 e. The lowest BCUT2D eigenvalue weighted by atomic mass is 9.45. The van der Waals surface area contributed by atoms with E-state index in [1.807, 2.05) is 0 Å². The topological polar surface area (TPSA) is 38.8 Å². The molecular formula is C23H36O3. The van der Waals surface area contributed by atoms with Crippen LogP contribution in [0.4, 0.5) is 0 Å². The number of hydrogen-bond donors (Lipinski definition) is 0. The van der Waals surface area contributed by atoms with Gasteiger partial charge in [-0.05, 0) is 80.0 Å². The van der Waals surface area contributed by atoms with E-state index in [4.69, 9.17) is 9.47 Å². The predicted molar refractivity (Wildman–Crippen MR) is 101 cm³/mol. The van der Waals surface area contributed by atoms with E-state index in [-0.39, 0.29) is 5.97 Å². The Bertz CT molecular complexity index is 588. The summed E-state index contributed by atoms with van der Waals surface area (Å²) >= 11 is 0. The minimum absolute atomic E-state index is 0.0470. The highest BCUT2D eigenvalue weighted by Crippen LogP contribution is 2.72. The summed E-state index contributed by atoms with van der Waals surface area (Å²) in [7, 11) is 1.51. The highest BCUT2D eigenvalue weighted by molar-refractivity contribution is 5.69. The highest BCUT2D eigenvalue weighted by atomic mass is 16.6. The van der Waals surface area contributed by atoms with Crippen LogP contribution in [-0.2, 0) is 14.3 Å². The van der Waals surface area contributed by atoms with Crippen LogP contribution in [0.3, 0.4) is 0 Å². The number of esters is 1. The second-order valence-electron chi connectivity index (χ2n) is 10.6. The molecule has 1 saturated heterocycles. The second kappa shape index (κ2) is 5.96. The maximum Gasteiger partial charge on any atom is 0.305 e. The molecule has 5 fully saturated rings. The summed E-state index contributed by atoms with van der Waals surface area (Å²) in [6, 6.07) is 0. The van der Waals surface area contributed by atoms with Gasteiger partial charge in [-0.1, -0.05) is 26.7 Å². The lowest BCUT2D eigenvalue weighted by Gasteiger charge is -2.58. The Kier molecular flexibility index (Phi) is 4.02. The van der Waals surface area contributed by atoms with Crippen molar-refractivity contribution in [2.75, 3.05) is 7.11 Å². The average molecular weight is 361 g/mol. The molecule has 0 spiro atoms. The van der Waals surface area contributed by atoms with Crippen LogP contribution in [0.1, 0.15) is 78.1 Å². The van der Waals surface area contributed by atoms with E-state index >= 15 is 0 Å². The molecule has 1 aliphatic heterocycles. The molecule has 9 atom stereocenters. The molecule has 0 bridgehead atoms. The molecule has 4 saturated carbocycles. The van der Waals surface area contributed by atoms with Gasteiger partial charge in [-0.2, -0.15) is 0 Å². The molecule has 0 aromatic heterocycles. The van der Waals surface area contributed by atoms with Gasteiger partial charge in [-0.15, -0.1) is 0 Å². The number of epoxide rings is 1. The van der Waals surface area contributed by atoms with Crippen LogP contribution in [0.5, 0.6) is 0 Å². The minimum Gasteiger partial charge on any atom is -0.469 e. The van der Waals surface area contributed by atoms with Gasteiger partial charge in [-0.25, -0.2) is 0 Å².